The molecule has 2 atom stereocenters. The highest BCUT2D eigenvalue weighted by molar-refractivity contribution is 5.74. The van der Waals surface area contributed by atoms with Crippen molar-refractivity contribution in [2.24, 2.45) is 7.05 Å². The fourth-order valence-corrected chi connectivity index (χ4v) is 3.05. The van der Waals surface area contributed by atoms with Gasteiger partial charge in [-0.3, -0.25) is 14.3 Å². The lowest BCUT2D eigenvalue weighted by atomic mass is 10.1. The summed E-state index contributed by atoms with van der Waals surface area (Å²) >= 11 is 0. The molecule has 4 N–H and O–H groups in total. The molecule has 1 aromatic carbocycles. The lowest BCUT2D eigenvalue weighted by molar-refractivity contribution is 0.0937. The summed E-state index contributed by atoms with van der Waals surface area (Å²) in [5.41, 5.74) is 1.37. The largest absolute Gasteiger partial charge is 0.491 e. The number of nitrogens with one attached hydrogen (secondary N) is 2. The number of aromatic amines is 1. The minimum absolute atomic E-state index is 0.00167. The third kappa shape index (κ3) is 4.55. The fourth-order valence-electron chi connectivity index (χ4n) is 3.05. The van der Waals surface area contributed by atoms with Crippen LogP contribution in [0.1, 0.15) is 18.1 Å². The van der Waals surface area contributed by atoms with Crippen LogP contribution in [-0.4, -0.2) is 54.7 Å². The number of hydrogen-bond donors (Lipinski definition) is 4. The number of aryl methyl sites for hydroxylation is 3. The number of aromatic nitrogens is 4. The number of imidazole rings is 1. The average molecular weight is 417 g/mol. The number of aliphatic hydroxyl groups is 2. The lowest BCUT2D eigenvalue weighted by Gasteiger charge is -2.16. The molecule has 2 heterocycles. The van der Waals surface area contributed by atoms with Crippen LogP contribution in [0.4, 0.5) is 5.95 Å². The smallest absolute Gasteiger partial charge is 0.329 e. The molecule has 0 bridgehead atoms. The van der Waals surface area contributed by atoms with E-state index in [4.69, 9.17) is 4.74 Å². The summed E-state index contributed by atoms with van der Waals surface area (Å²) < 4.78 is 8.40. The highest BCUT2D eigenvalue weighted by atomic mass is 16.5. The van der Waals surface area contributed by atoms with Crippen molar-refractivity contribution >= 4 is 17.1 Å². The number of nitrogens with zero attached hydrogens (tertiary/aromatic N) is 3. The second kappa shape index (κ2) is 8.72. The molecule has 0 saturated carbocycles. The first-order valence-electron chi connectivity index (χ1n) is 9.67. The Bertz CT molecular complexity index is 1160. The maximum atomic E-state index is 12.4. The first kappa shape index (κ1) is 21.6. The molecule has 30 heavy (non-hydrogen) atoms. The zero-order valence-electron chi connectivity index (χ0n) is 17.5. The molecule has 0 aliphatic heterocycles. The monoisotopic (exact) mass is 417 g/mol. The van der Waals surface area contributed by atoms with Crippen molar-refractivity contribution in [1.82, 2.24) is 19.1 Å². The SMILES string of the molecule is Cc1ccc(OC[C@H](O)Cn2c(NC[C@@H](C)O)nc3c2c(=O)[nH]c(=O)n3C)cc1C. The van der Waals surface area contributed by atoms with Gasteiger partial charge in [0.1, 0.15) is 18.5 Å². The van der Waals surface area contributed by atoms with Crippen molar-refractivity contribution in [1.29, 1.82) is 0 Å². The first-order valence-corrected chi connectivity index (χ1v) is 9.67. The first-order chi connectivity index (χ1) is 14.2. The van der Waals surface area contributed by atoms with Gasteiger partial charge < -0.3 is 24.8 Å². The number of rotatable bonds is 8. The van der Waals surface area contributed by atoms with Crippen LogP contribution >= 0.6 is 0 Å². The minimum Gasteiger partial charge on any atom is -0.491 e. The molecular formula is C20H27N5O5. The molecule has 0 unspecified atom stereocenters. The number of benzene rings is 1. The van der Waals surface area contributed by atoms with Crippen molar-refractivity contribution in [2.75, 3.05) is 18.5 Å². The summed E-state index contributed by atoms with van der Waals surface area (Å²) in [6.07, 6.45) is -1.61. The summed E-state index contributed by atoms with van der Waals surface area (Å²) in [4.78, 5) is 30.9. The normalized spacial score (nSPS) is 13.4. The number of fused-ring (bicyclic) bond motifs is 1. The summed E-state index contributed by atoms with van der Waals surface area (Å²) in [6, 6.07) is 5.67. The zero-order valence-corrected chi connectivity index (χ0v) is 17.5. The molecule has 0 fully saturated rings. The van der Waals surface area contributed by atoms with E-state index in [1.54, 1.807) is 6.92 Å². The predicted octanol–water partition coefficient (Wildman–Crippen LogP) is 0.273. The molecule has 0 aliphatic rings. The maximum absolute atomic E-state index is 12.4. The van der Waals surface area contributed by atoms with Crippen LogP contribution < -0.4 is 21.3 Å². The van der Waals surface area contributed by atoms with Crippen molar-refractivity contribution in [3.63, 3.8) is 0 Å². The molecule has 2 aromatic heterocycles. The van der Waals surface area contributed by atoms with Gasteiger partial charge in [-0.25, -0.2) is 4.79 Å². The van der Waals surface area contributed by atoms with E-state index in [1.807, 2.05) is 32.0 Å². The number of anilines is 1. The third-order valence-corrected chi connectivity index (χ3v) is 4.88. The van der Waals surface area contributed by atoms with Crippen molar-refractivity contribution in [2.45, 2.75) is 39.5 Å². The van der Waals surface area contributed by atoms with Crippen molar-refractivity contribution in [3.05, 3.63) is 50.2 Å². The predicted molar refractivity (Wildman–Crippen MR) is 113 cm³/mol. The van der Waals surface area contributed by atoms with Crippen molar-refractivity contribution < 1.29 is 14.9 Å². The second-order valence-corrected chi connectivity index (χ2v) is 7.48. The summed E-state index contributed by atoms with van der Waals surface area (Å²) in [5.74, 6) is 0.906. The average Bonchev–Trinajstić information content (AvgIpc) is 3.04. The van der Waals surface area contributed by atoms with E-state index < -0.39 is 23.5 Å². The van der Waals surface area contributed by atoms with Gasteiger partial charge in [-0.1, -0.05) is 6.07 Å². The van der Waals surface area contributed by atoms with Gasteiger partial charge in [0, 0.05) is 13.6 Å². The number of H-pyrrole nitrogens is 1. The fraction of sp³-hybridized carbons (Fsp3) is 0.450. The minimum atomic E-state index is -0.951. The highest BCUT2D eigenvalue weighted by Gasteiger charge is 2.20. The van der Waals surface area contributed by atoms with Crippen LogP contribution in [0.25, 0.3) is 11.2 Å². The molecule has 0 amide bonds. The summed E-state index contributed by atoms with van der Waals surface area (Å²) in [7, 11) is 1.50. The van der Waals surface area contributed by atoms with Gasteiger partial charge in [0.2, 0.25) is 5.95 Å². The van der Waals surface area contributed by atoms with Crippen LogP contribution in [0.3, 0.4) is 0 Å². The van der Waals surface area contributed by atoms with E-state index in [9.17, 15) is 19.8 Å². The molecule has 0 aliphatic carbocycles. The molecule has 0 saturated heterocycles. The Balaban J connectivity index is 1.87. The van der Waals surface area contributed by atoms with Gasteiger partial charge >= 0.3 is 5.69 Å². The second-order valence-electron chi connectivity index (χ2n) is 7.48. The van der Waals surface area contributed by atoms with Crippen molar-refractivity contribution in [3.8, 4) is 5.75 Å². The molecule has 10 heteroatoms. The lowest BCUT2D eigenvalue weighted by Crippen LogP contribution is -2.31. The topological polar surface area (TPSA) is 134 Å². The Labute approximate surface area is 172 Å². The molecule has 10 nitrogen and oxygen atoms in total. The Hall–Kier alpha value is -3.11. The Morgan fingerprint density at radius 2 is 1.97 bits per heavy atom. The Kier molecular flexibility index (Phi) is 6.28. The third-order valence-electron chi connectivity index (χ3n) is 4.88. The van der Waals surface area contributed by atoms with Gasteiger partial charge in [0.05, 0.1) is 12.6 Å². The highest BCUT2D eigenvalue weighted by Crippen LogP contribution is 2.18. The van der Waals surface area contributed by atoms with Gasteiger partial charge in [-0.2, -0.15) is 4.98 Å². The zero-order chi connectivity index (χ0) is 22.0. The van der Waals surface area contributed by atoms with E-state index in [1.165, 1.54) is 16.2 Å². The summed E-state index contributed by atoms with van der Waals surface area (Å²) in [6.45, 7) is 5.78. The molecule has 3 rings (SSSR count). The van der Waals surface area contributed by atoms with E-state index in [-0.39, 0.29) is 36.8 Å². The van der Waals surface area contributed by atoms with Gasteiger partial charge in [-0.15, -0.1) is 0 Å². The standard InChI is InChI=1S/C20H27N5O5/c1-11-5-6-15(7-12(11)2)30-10-14(27)9-25-16-17(22-19(25)21-8-13(3)26)24(4)20(29)23-18(16)28/h5-7,13-14,26-27H,8-10H2,1-4H3,(H,21,22)(H,23,28,29)/t13-,14-/m1/s1. The van der Waals surface area contributed by atoms with E-state index in [2.05, 4.69) is 15.3 Å². The van der Waals surface area contributed by atoms with Crippen LogP contribution in [0, 0.1) is 13.8 Å². The van der Waals surface area contributed by atoms with Gasteiger partial charge in [0.15, 0.2) is 11.2 Å². The van der Waals surface area contributed by atoms with Gasteiger partial charge in [0.25, 0.3) is 5.56 Å². The number of aliphatic hydroxyl groups excluding tert-OH is 2. The molecular weight excluding hydrogens is 390 g/mol. The summed E-state index contributed by atoms with van der Waals surface area (Å²) in [5, 5.41) is 23.1. The number of ether oxygens (including phenoxy) is 1. The van der Waals surface area contributed by atoms with Crippen LogP contribution in [-0.2, 0) is 13.6 Å². The van der Waals surface area contributed by atoms with Gasteiger partial charge in [-0.05, 0) is 44.0 Å². The van der Waals surface area contributed by atoms with E-state index in [0.717, 1.165) is 11.1 Å². The molecule has 0 spiro atoms. The van der Waals surface area contributed by atoms with Crippen LogP contribution in [0.15, 0.2) is 27.8 Å². The van der Waals surface area contributed by atoms with E-state index >= 15 is 0 Å². The van der Waals surface area contributed by atoms with Crippen LogP contribution in [0.5, 0.6) is 5.75 Å². The molecule has 162 valence electrons. The Morgan fingerprint density at radius 1 is 1.23 bits per heavy atom. The maximum Gasteiger partial charge on any atom is 0.329 e. The van der Waals surface area contributed by atoms with Crippen LogP contribution in [0.2, 0.25) is 0 Å². The molecule has 0 radical (unpaired) electrons. The number of hydrogen-bond acceptors (Lipinski definition) is 7. The molecule has 3 aromatic rings. The Morgan fingerprint density at radius 3 is 2.63 bits per heavy atom. The quantitative estimate of drug-likeness (QED) is 0.413. The van der Waals surface area contributed by atoms with E-state index in [0.29, 0.717) is 5.75 Å².